The van der Waals surface area contributed by atoms with Crippen molar-refractivity contribution in [1.29, 1.82) is 0 Å². The Balaban J connectivity index is 3.73. The summed E-state index contributed by atoms with van der Waals surface area (Å²) in [5.74, 6) is 0.720. The van der Waals surface area contributed by atoms with Crippen LogP contribution in [-0.4, -0.2) is 29.5 Å². The molecule has 0 rings (SSSR count). The third-order valence-corrected chi connectivity index (χ3v) is 2.15. The molecule has 0 aliphatic rings. The first-order chi connectivity index (χ1) is 6.11. The molecule has 13 heavy (non-hydrogen) atoms. The lowest BCUT2D eigenvalue weighted by Crippen LogP contribution is -2.41. The van der Waals surface area contributed by atoms with Gasteiger partial charge in [-0.05, 0) is 12.3 Å². The number of amides is 1. The zero-order chi connectivity index (χ0) is 10.3. The summed E-state index contributed by atoms with van der Waals surface area (Å²) in [5.41, 5.74) is 0. The van der Waals surface area contributed by atoms with Crippen LogP contribution in [-0.2, 0) is 4.79 Å². The fourth-order valence-electron chi connectivity index (χ4n) is 0.929. The van der Waals surface area contributed by atoms with Crippen molar-refractivity contribution >= 4 is 17.5 Å². The van der Waals surface area contributed by atoms with E-state index in [1.165, 1.54) is 0 Å². The summed E-state index contributed by atoms with van der Waals surface area (Å²) < 4.78 is 0. The summed E-state index contributed by atoms with van der Waals surface area (Å²) >= 11 is 5.45. The molecular weight excluding hydrogens is 190 g/mol. The SMILES string of the molecule is CC(C)C(CO)NC(=O)CCCCl. The van der Waals surface area contributed by atoms with Crippen LogP contribution in [0, 0.1) is 5.92 Å². The van der Waals surface area contributed by atoms with Crippen molar-refractivity contribution in [2.75, 3.05) is 12.5 Å². The van der Waals surface area contributed by atoms with Crippen LogP contribution in [0.4, 0.5) is 0 Å². The fourth-order valence-corrected chi connectivity index (χ4v) is 1.06. The molecule has 1 amide bonds. The van der Waals surface area contributed by atoms with E-state index in [0.717, 1.165) is 0 Å². The van der Waals surface area contributed by atoms with Gasteiger partial charge >= 0.3 is 0 Å². The van der Waals surface area contributed by atoms with E-state index in [-0.39, 0.29) is 24.5 Å². The third kappa shape index (κ3) is 5.88. The van der Waals surface area contributed by atoms with Crippen LogP contribution in [0.5, 0.6) is 0 Å². The number of halogens is 1. The van der Waals surface area contributed by atoms with Gasteiger partial charge in [0, 0.05) is 12.3 Å². The van der Waals surface area contributed by atoms with Crippen LogP contribution in [0.25, 0.3) is 0 Å². The number of hydrogen-bond acceptors (Lipinski definition) is 2. The van der Waals surface area contributed by atoms with E-state index < -0.39 is 0 Å². The molecule has 0 heterocycles. The lowest BCUT2D eigenvalue weighted by atomic mass is 10.1. The minimum atomic E-state index is -0.136. The number of hydrogen-bond donors (Lipinski definition) is 2. The van der Waals surface area contributed by atoms with Gasteiger partial charge in [0.1, 0.15) is 0 Å². The van der Waals surface area contributed by atoms with Crippen LogP contribution in [0.2, 0.25) is 0 Å². The maximum Gasteiger partial charge on any atom is 0.220 e. The minimum absolute atomic E-state index is 0.00964. The number of rotatable bonds is 6. The van der Waals surface area contributed by atoms with E-state index in [2.05, 4.69) is 5.32 Å². The number of nitrogens with one attached hydrogen (secondary N) is 1. The van der Waals surface area contributed by atoms with Gasteiger partial charge in [0.2, 0.25) is 5.91 Å². The van der Waals surface area contributed by atoms with Crippen molar-refractivity contribution in [1.82, 2.24) is 5.32 Å². The molecule has 0 saturated carbocycles. The molecule has 0 fully saturated rings. The summed E-state index contributed by atoms with van der Waals surface area (Å²) in [5, 5.41) is 11.7. The molecule has 0 aromatic carbocycles. The largest absolute Gasteiger partial charge is 0.394 e. The summed E-state index contributed by atoms with van der Waals surface area (Å²) in [7, 11) is 0. The Morgan fingerprint density at radius 2 is 2.15 bits per heavy atom. The van der Waals surface area contributed by atoms with Crippen LogP contribution >= 0.6 is 11.6 Å². The van der Waals surface area contributed by atoms with E-state index in [4.69, 9.17) is 16.7 Å². The topological polar surface area (TPSA) is 49.3 Å². The number of alkyl halides is 1. The molecule has 0 aliphatic heterocycles. The normalized spacial score (nSPS) is 13.0. The molecule has 3 nitrogen and oxygen atoms in total. The zero-order valence-corrected chi connectivity index (χ0v) is 8.97. The lowest BCUT2D eigenvalue weighted by molar-refractivity contribution is -0.122. The van der Waals surface area contributed by atoms with Crippen molar-refractivity contribution in [2.24, 2.45) is 5.92 Å². The monoisotopic (exact) mass is 207 g/mol. The van der Waals surface area contributed by atoms with Crippen molar-refractivity contribution in [3.63, 3.8) is 0 Å². The Labute approximate surface area is 84.5 Å². The Kier molecular flexibility index (Phi) is 7.00. The average molecular weight is 208 g/mol. The van der Waals surface area contributed by atoms with Gasteiger partial charge < -0.3 is 10.4 Å². The zero-order valence-electron chi connectivity index (χ0n) is 8.22. The van der Waals surface area contributed by atoms with Crippen molar-refractivity contribution in [2.45, 2.75) is 32.7 Å². The number of aliphatic hydroxyl groups is 1. The van der Waals surface area contributed by atoms with Gasteiger partial charge in [0.25, 0.3) is 0 Å². The van der Waals surface area contributed by atoms with Crippen LogP contribution < -0.4 is 5.32 Å². The molecular formula is C9H18ClNO2. The summed E-state index contributed by atoms with van der Waals surface area (Å²) in [6.45, 7) is 3.91. The maximum absolute atomic E-state index is 11.2. The maximum atomic E-state index is 11.2. The minimum Gasteiger partial charge on any atom is -0.394 e. The second-order valence-electron chi connectivity index (χ2n) is 3.39. The van der Waals surface area contributed by atoms with Gasteiger partial charge in [-0.2, -0.15) is 0 Å². The first kappa shape index (κ1) is 12.7. The van der Waals surface area contributed by atoms with Crippen LogP contribution in [0.15, 0.2) is 0 Å². The second-order valence-corrected chi connectivity index (χ2v) is 3.77. The van der Waals surface area contributed by atoms with Gasteiger partial charge in [-0.15, -0.1) is 11.6 Å². The van der Waals surface area contributed by atoms with Gasteiger partial charge in [-0.1, -0.05) is 13.8 Å². The highest BCUT2D eigenvalue weighted by Gasteiger charge is 2.14. The Bertz CT molecular complexity index is 151. The van der Waals surface area contributed by atoms with E-state index in [9.17, 15) is 4.79 Å². The quantitative estimate of drug-likeness (QED) is 0.642. The van der Waals surface area contributed by atoms with Gasteiger partial charge in [-0.3, -0.25) is 4.79 Å². The van der Waals surface area contributed by atoms with Crippen molar-refractivity contribution in [3.8, 4) is 0 Å². The Hall–Kier alpha value is -0.280. The highest BCUT2D eigenvalue weighted by molar-refractivity contribution is 6.17. The molecule has 0 aromatic heterocycles. The number of carbonyl (C=O) groups excluding carboxylic acids is 1. The summed E-state index contributed by atoms with van der Waals surface area (Å²) in [6.07, 6.45) is 1.12. The predicted octanol–water partition coefficient (Wildman–Crippen LogP) is 1.14. The van der Waals surface area contributed by atoms with Crippen LogP contribution in [0.3, 0.4) is 0 Å². The lowest BCUT2D eigenvalue weighted by Gasteiger charge is -2.19. The summed E-state index contributed by atoms with van der Waals surface area (Å²) in [4.78, 5) is 11.2. The smallest absolute Gasteiger partial charge is 0.220 e. The van der Waals surface area contributed by atoms with Gasteiger partial charge in [0.15, 0.2) is 0 Å². The van der Waals surface area contributed by atoms with Gasteiger partial charge in [0.05, 0.1) is 12.6 Å². The summed E-state index contributed by atoms with van der Waals surface area (Å²) in [6, 6.07) is -0.136. The van der Waals surface area contributed by atoms with Crippen LogP contribution in [0.1, 0.15) is 26.7 Å². The van der Waals surface area contributed by atoms with E-state index in [1.807, 2.05) is 13.8 Å². The van der Waals surface area contributed by atoms with E-state index >= 15 is 0 Å². The molecule has 0 radical (unpaired) electrons. The highest BCUT2D eigenvalue weighted by Crippen LogP contribution is 2.01. The second kappa shape index (κ2) is 7.15. The Morgan fingerprint density at radius 3 is 2.54 bits per heavy atom. The number of carbonyl (C=O) groups is 1. The Morgan fingerprint density at radius 1 is 1.54 bits per heavy atom. The molecule has 78 valence electrons. The third-order valence-electron chi connectivity index (χ3n) is 1.89. The standard InChI is InChI=1S/C9H18ClNO2/c1-7(2)8(6-12)11-9(13)4-3-5-10/h7-8,12H,3-6H2,1-2H3,(H,11,13). The molecule has 0 spiro atoms. The highest BCUT2D eigenvalue weighted by atomic mass is 35.5. The molecule has 4 heteroatoms. The molecule has 0 aromatic rings. The molecule has 0 aliphatic carbocycles. The predicted molar refractivity (Wildman–Crippen MR) is 53.8 cm³/mol. The number of aliphatic hydroxyl groups excluding tert-OH is 1. The van der Waals surface area contributed by atoms with Crippen molar-refractivity contribution < 1.29 is 9.90 Å². The molecule has 1 atom stereocenters. The first-order valence-electron chi connectivity index (χ1n) is 4.58. The average Bonchev–Trinajstić information content (AvgIpc) is 2.10. The molecule has 1 unspecified atom stereocenters. The first-order valence-corrected chi connectivity index (χ1v) is 5.11. The van der Waals surface area contributed by atoms with Gasteiger partial charge in [-0.25, -0.2) is 0 Å². The molecule has 0 bridgehead atoms. The van der Waals surface area contributed by atoms with Crippen molar-refractivity contribution in [3.05, 3.63) is 0 Å². The van der Waals surface area contributed by atoms with E-state index in [1.54, 1.807) is 0 Å². The molecule has 2 N–H and O–H groups in total. The molecule has 0 saturated heterocycles. The fraction of sp³-hybridized carbons (Fsp3) is 0.889. The van der Waals surface area contributed by atoms with E-state index in [0.29, 0.717) is 18.7 Å².